The Bertz CT molecular complexity index is 459. The first kappa shape index (κ1) is 13.6. The minimum absolute atomic E-state index is 0.170. The summed E-state index contributed by atoms with van der Waals surface area (Å²) in [5.74, 6) is 1.24. The van der Waals surface area contributed by atoms with Crippen LogP contribution < -0.4 is 0 Å². The van der Waals surface area contributed by atoms with E-state index in [0.717, 1.165) is 45.1 Å². The van der Waals surface area contributed by atoms with Gasteiger partial charge in [-0.2, -0.15) is 0 Å². The van der Waals surface area contributed by atoms with Crippen LogP contribution in [0.4, 0.5) is 0 Å². The number of piperidine rings is 1. The average Bonchev–Trinajstić information content (AvgIpc) is 2.95. The predicted molar refractivity (Wildman–Crippen MR) is 73.8 cm³/mol. The summed E-state index contributed by atoms with van der Waals surface area (Å²) >= 11 is 0. The minimum Gasteiger partial charge on any atom is -0.299 e. The van der Waals surface area contributed by atoms with Crippen molar-refractivity contribution in [2.75, 3.05) is 18.1 Å². The van der Waals surface area contributed by atoms with Gasteiger partial charge in [0.2, 0.25) is 0 Å². The van der Waals surface area contributed by atoms with Crippen LogP contribution in [0.5, 0.6) is 0 Å². The van der Waals surface area contributed by atoms with Gasteiger partial charge in [0, 0.05) is 24.4 Å². The number of carbonyl (C=O) groups is 1. The molecule has 0 N–H and O–H groups in total. The zero-order chi connectivity index (χ0) is 13.5. The molecule has 3 unspecified atom stereocenters. The maximum absolute atomic E-state index is 12.0. The number of hydrogen-bond donors (Lipinski definition) is 0. The fourth-order valence-electron chi connectivity index (χ4n) is 4.15. The number of ketones is 1. The number of rotatable bonds is 2. The van der Waals surface area contributed by atoms with Gasteiger partial charge in [-0.1, -0.05) is 6.42 Å². The molecule has 3 fully saturated rings. The molecule has 0 spiro atoms. The summed E-state index contributed by atoms with van der Waals surface area (Å²) < 4.78 is 23.4. The van der Waals surface area contributed by atoms with Crippen LogP contribution in [0.3, 0.4) is 0 Å². The van der Waals surface area contributed by atoms with Gasteiger partial charge in [-0.3, -0.25) is 9.69 Å². The quantitative estimate of drug-likeness (QED) is 0.769. The van der Waals surface area contributed by atoms with Crippen molar-refractivity contribution in [2.24, 2.45) is 5.92 Å². The van der Waals surface area contributed by atoms with Crippen molar-refractivity contribution >= 4 is 15.6 Å². The van der Waals surface area contributed by atoms with E-state index in [4.69, 9.17) is 0 Å². The SMILES string of the molecule is O=C1CCCC1C1CCCCN1C1CCS(=O)(=O)C1. The molecule has 4 nitrogen and oxygen atoms in total. The maximum atomic E-state index is 12.0. The number of likely N-dealkylation sites (tertiary alicyclic amines) is 1. The zero-order valence-corrected chi connectivity index (χ0v) is 12.2. The number of carbonyl (C=O) groups excluding carboxylic acids is 1. The Morgan fingerprint density at radius 2 is 1.89 bits per heavy atom. The molecular weight excluding hydrogens is 262 g/mol. The van der Waals surface area contributed by atoms with E-state index < -0.39 is 9.84 Å². The van der Waals surface area contributed by atoms with Crippen molar-refractivity contribution in [1.29, 1.82) is 0 Å². The fourth-order valence-corrected chi connectivity index (χ4v) is 5.89. The first-order valence-electron chi connectivity index (χ1n) is 7.56. The molecule has 3 rings (SSSR count). The summed E-state index contributed by atoms with van der Waals surface area (Å²) in [5, 5.41) is 0. The highest BCUT2D eigenvalue weighted by atomic mass is 32.2. The maximum Gasteiger partial charge on any atom is 0.151 e. The van der Waals surface area contributed by atoms with Gasteiger partial charge in [-0.05, 0) is 38.6 Å². The largest absolute Gasteiger partial charge is 0.299 e. The van der Waals surface area contributed by atoms with E-state index >= 15 is 0 Å². The molecule has 3 atom stereocenters. The summed E-state index contributed by atoms with van der Waals surface area (Å²) in [6.45, 7) is 0.981. The lowest BCUT2D eigenvalue weighted by atomic mass is 9.87. The average molecular weight is 285 g/mol. The van der Waals surface area contributed by atoms with Crippen LogP contribution in [0, 0.1) is 5.92 Å². The minimum atomic E-state index is -2.83. The Balaban J connectivity index is 1.76. The first-order valence-corrected chi connectivity index (χ1v) is 9.38. The van der Waals surface area contributed by atoms with Crippen LogP contribution in [-0.4, -0.2) is 49.2 Å². The molecule has 3 aliphatic rings. The van der Waals surface area contributed by atoms with Crippen molar-refractivity contribution in [3.05, 3.63) is 0 Å². The highest BCUT2D eigenvalue weighted by Crippen LogP contribution is 2.35. The number of Topliss-reactive ketones (excluding diaryl/α,β-unsaturated/α-hetero) is 1. The van der Waals surface area contributed by atoms with Crippen molar-refractivity contribution in [1.82, 2.24) is 4.90 Å². The Morgan fingerprint density at radius 3 is 2.53 bits per heavy atom. The molecule has 0 bridgehead atoms. The molecular formula is C14H23NO3S. The predicted octanol–water partition coefficient (Wildman–Crippen LogP) is 1.40. The molecule has 19 heavy (non-hydrogen) atoms. The van der Waals surface area contributed by atoms with Gasteiger partial charge in [0.25, 0.3) is 0 Å². The highest BCUT2D eigenvalue weighted by molar-refractivity contribution is 7.91. The van der Waals surface area contributed by atoms with Crippen molar-refractivity contribution in [3.8, 4) is 0 Å². The lowest BCUT2D eigenvalue weighted by Crippen LogP contribution is -2.51. The van der Waals surface area contributed by atoms with Gasteiger partial charge in [0.1, 0.15) is 5.78 Å². The molecule has 0 aromatic carbocycles. The third-order valence-corrected chi connectivity index (χ3v) is 6.84. The molecule has 0 radical (unpaired) electrons. The van der Waals surface area contributed by atoms with Crippen LogP contribution in [0.25, 0.3) is 0 Å². The molecule has 0 aromatic heterocycles. The lowest BCUT2D eigenvalue weighted by molar-refractivity contribution is -0.123. The van der Waals surface area contributed by atoms with E-state index in [1.807, 2.05) is 0 Å². The van der Waals surface area contributed by atoms with E-state index in [2.05, 4.69) is 4.90 Å². The first-order chi connectivity index (χ1) is 9.07. The van der Waals surface area contributed by atoms with E-state index in [0.29, 0.717) is 23.3 Å². The normalized spacial score (nSPS) is 39.8. The summed E-state index contributed by atoms with van der Waals surface area (Å²) in [6.07, 6.45) is 6.94. The summed E-state index contributed by atoms with van der Waals surface area (Å²) in [5.41, 5.74) is 0. The summed E-state index contributed by atoms with van der Waals surface area (Å²) in [4.78, 5) is 14.4. The molecule has 2 heterocycles. The van der Waals surface area contributed by atoms with Crippen LogP contribution >= 0.6 is 0 Å². The molecule has 0 aromatic rings. The molecule has 0 amide bonds. The Hall–Kier alpha value is -0.420. The van der Waals surface area contributed by atoms with Crippen LogP contribution in [0.1, 0.15) is 44.9 Å². The van der Waals surface area contributed by atoms with E-state index in [9.17, 15) is 13.2 Å². The smallest absolute Gasteiger partial charge is 0.151 e. The number of hydrogen-bond acceptors (Lipinski definition) is 4. The Kier molecular flexibility index (Phi) is 3.69. The van der Waals surface area contributed by atoms with Crippen LogP contribution in [0.15, 0.2) is 0 Å². The topological polar surface area (TPSA) is 54.5 Å². The molecule has 1 saturated carbocycles. The van der Waals surface area contributed by atoms with Gasteiger partial charge >= 0.3 is 0 Å². The third-order valence-electron chi connectivity index (χ3n) is 5.09. The Morgan fingerprint density at radius 1 is 1.05 bits per heavy atom. The second-order valence-electron chi connectivity index (χ2n) is 6.32. The van der Waals surface area contributed by atoms with E-state index in [1.54, 1.807) is 0 Å². The van der Waals surface area contributed by atoms with Crippen molar-refractivity contribution < 1.29 is 13.2 Å². The van der Waals surface area contributed by atoms with Crippen LogP contribution in [-0.2, 0) is 14.6 Å². The van der Waals surface area contributed by atoms with Crippen LogP contribution in [0.2, 0.25) is 0 Å². The van der Waals surface area contributed by atoms with Gasteiger partial charge in [-0.25, -0.2) is 8.42 Å². The number of sulfone groups is 1. The number of nitrogens with zero attached hydrogens (tertiary/aromatic N) is 1. The highest BCUT2D eigenvalue weighted by Gasteiger charge is 2.42. The monoisotopic (exact) mass is 285 g/mol. The van der Waals surface area contributed by atoms with E-state index in [1.165, 1.54) is 6.42 Å². The third kappa shape index (κ3) is 2.72. The van der Waals surface area contributed by atoms with Gasteiger partial charge in [0.15, 0.2) is 9.84 Å². The second-order valence-corrected chi connectivity index (χ2v) is 8.55. The van der Waals surface area contributed by atoms with Crippen molar-refractivity contribution in [2.45, 2.75) is 57.0 Å². The van der Waals surface area contributed by atoms with E-state index in [-0.39, 0.29) is 12.0 Å². The summed E-state index contributed by atoms with van der Waals surface area (Å²) in [7, 11) is -2.83. The molecule has 1 aliphatic carbocycles. The molecule has 108 valence electrons. The molecule has 2 saturated heterocycles. The van der Waals surface area contributed by atoms with Gasteiger partial charge in [0.05, 0.1) is 11.5 Å². The van der Waals surface area contributed by atoms with Gasteiger partial charge < -0.3 is 0 Å². The fraction of sp³-hybridized carbons (Fsp3) is 0.929. The second kappa shape index (κ2) is 5.17. The summed E-state index contributed by atoms with van der Waals surface area (Å²) in [6, 6.07) is 0.491. The lowest BCUT2D eigenvalue weighted by Gasteiger charge is -2.42. The molecule has 2 aliphatic heterocycles. The van der Waals surface area contributed by atoms with Gasteiger partial charge in [-0.15, -0.1) is 0 Å². The Labute approximate surface area is 115 Å². The zero-order valence-electron chi connectivity index (χ0n) is 11.4. The van der Waals surface area contributed by atoms with Crippen molar-refractivity contribution in [3.63, 3.8) is 0 Å². The molecule has 5 heteroatoms. The standard InChI is InChI=1S/C14H23NO3S/c16-14-6-3-4-12(14)13-5-1-2-8-15(13)11-7-9-19(17,18)10-11/h11-13H,1-10H2.